The zero-order valence-corrected chi connectivity index (χ0v) is 13.1. The summed E-state index contributed by atoms with van der Waals surface area (Å²) in [6.07, 6.45) is 4.89. The second-order valence-electron chi connectivity index (χ2n) is 5.50. The summed E-state index contributed by atoms with van der Waals surface area (Å²) in [5, 5.41) is 0. The summed E-state index contributed by atoms with van der Waals surface area (Å²) in [6, 6.07) is 7.49. The molecule has 1 atom stereocenters. The van der Waals surface area contributed by atoms with Crippen molar-refractivity contribution in [3.8, 4) is 5.75 Å². The molecule has 0 amide bonds. The number of ether oxygens (including phenoxy) is 3. The molecule has 2 aromatic rings. The van der Waals surface area contributed by atoms with Gasteiger partial charge in [0.05, 0.1) is 0 Å². The number of nitrogens with zero attached hydrogens (tertiary/aromatic N) is 2. The van der Waals surface area contributed by atoms with Crippen molar-refractivity contribution in [2.75, 3.05) is 6.61 Å². The molecule has 6 nitrogen and oxygen atoms in total. The number of benzene rings is 1. The Morgan fingerprint density at radius 2 is 2.17 bits per heavy atom. The van der Waals surface area contributed by atoms with Gasteiger partial charge in [0.15, 0.2) is 6.10 Å². The lowest BCUT2D eigenvalue weighted by Crippen LogP contribution is -2.21. The van der Waals surface area contributed by atoms with Crippen LogP contribution >= 0.6 is 0 Å². The highest BCUT2D eigenvalue weighted by Gasteiger charge is 2.24. The minimum absolute atomic E-state index is 0.248. The molecule has 1 aliphatic rings. The average Bonchev–Trinajstić information content (AvgIpc) is 3.23. The molecule has 0 radical (unpaired) electrons. The summed E-state index contributed by atoms with van der Waals surface area (Å²) in [5.74, 6) is 1.33. The lowest BCUT2D eigenvalue weighted by molar-refractivity contribution is -0.155. The third-order valence-electron chi connectivity index (χ3n) is 3.79. The van der Waals surface area contributed by atoms with E-state index in [-0.39, 0.29) is 12.6 Å². The van der Waals surface area contributed by atoms with Gasteiger partial charge >= 0.3 is 5.97 Å². The number of aryl methyl sites for hydroxylation is 1. The average molecular weight is 316 g/mol. The van der Waals surface area contributed by atoms with E-state index in [9.17, 15) is 4.79 Å². The highest BCUT2D eigenvalue weighted by molar-refractivity contribution is 5.74. The fraction of sp³-hybridized carbons (Fsp3) is 0.412. The molecule has 23 heavy (non-hydrogen) atoms. The van der Waals surface area contributed by atoms with Crippen LogP contribution in [0.3, 0.4) is 0 Å². The maximum absolute atomic E-state index is 11.8. The number of rotatable bonds is 6. The zero-order valence-electron chi connectivity index (χ0n) is 13.1. The Morgan fingerprint density at radius 3 is 2.83 bits per heavy atom. The van der Waals surface area contributed by atoms with E-state index in [1.165, 1.54) is 0 Å². The van der Waals surface area contributed by atoms with Crippen LogP contribution in [0.4, 0.5) is 0 Å². The zero-order chi connectivity index (χ0) is 16.1. The Morgan fingerprint density at radius 1 is 1.35 bits per heavy atom. The molecule has 1 aliphatic heterocycles. The summed E-state index contributed by atoms with van der Waals surface area (Å²) >= 11 is 0. The molecule has 1 aromatic carbocycles. The van der Waals surface area contributed by atoms with Crippen LogP contribution in [-0.4, -0.2) is 28.2 Å². The molecule has 0 spiro atoms. The first-order valence-corrected chi connectivity index (χ1v) is 7.68. The molecule has 0 bridgehead atoms. The van der Waals surface area contributed by atoms with Crippen LogP contribution in [0.25, 0.3) is 0 Å². The van der Waals surface area contributed by atoms with E-state index in [0.717, 1.165) is 30.0 Å². The molecule has 1 aromatic heterocycles. The molecular formula is C17H20N2O4. The second kappa shape index (κ2) is 7.28. The number of hydrogen-bond donors (Lipinski definition) is 0. The number of carbonyl (C=O) groups excluding carboxylic acids is 1. The standard InChI is InChI=1S/C17H20N2O4/c1-19-9-8-18-16(19)12-22-14-6-4-13(5-7-14)11-23-17(20)15-3-2-10-21-15/h4-9,15H,2-3,10-12H2,1H3/t15-/m0/s1. The molecule has 3 rings (SSSR count). The molecule has 1 saturated heterocycles. The molecule has 0 unspecified atom stereocenters. The van der Waals surface area contributed by atoms with Gasteiger partial charge in [-0.3, -0.25) is 0 Å². The van der Waals surface area contributed by atoms with E-state index < -0.39 is 6.10 Å². The first-order chi connectivity index (χ1) is 11.2. The summed E-state index contributed by atoms with van der Waals surface area (Å²) in [4.78, 5) is 16.0. The number of esters is 1. The van der Waals surface area contributed by atoms with Crippen LogP contribution in [-0.2, 0) is 34.5 Å². The van der Waals surface area contributed by atoms with E-state index in [1.54, 1.807) is 6.20 Å². The van der Waals surface area contributed by atoms with Crippen molar-refractivity contribution in [2.45, 2.75) is 32.2 Å². The first kappa shape index (κ1) is 15.6. The Bertz CT molecular complexity index is 645. The van der Waals surface area contributed by atoms with Crippen molar-refractivity contribution >= 4 is 5.97 Å². The van der Waals surface area contributed by atoms with E-state index in [2.05, 4.69) is 4.98 Å². The maximum atomic E-state index is 11.8. The van der Waals surface area contributed by atoms with Crippen LogP contribution in [0.1, 0.15) is 24.2 Å². The van der Waals surface area contributed by atoms with Gasteiger partial charge in [0, 0.05) is 26.0 Å². The number of hydrogen-bond acceptors (Lipinski definition) is 5. The fourth-order valence-corrected chi connectivity index (χ4v) is 2.38. The minimum atomic E-state index is -0.393. The highest BCUT2D eigenvalue weighted by atomic mass is 16.6. The van der Waals surface area contributed by atoms with Gasteiger partial charge in [0.25, 0.3) is 0 Å². The quantitative estimate of drug-likeness (QED) is 0.765. The summed E-state index contributed by atoms with van der Waals surface area (Å²) < 4.78 is 18.2. The Labute approximate surface area is 135 Å². The smallest absolute Gasteiger partial charge is 0.335 e. The second-order valence-corrected chi connectivity index (χ2v) is 5.50. The van der Waals surface area contributed by atoms with E-state index in [0.29, 0.717) is 13.2 Å². The van der Waals surface area contributed by atoms with Crippen molar-refractivity contribution < 1.29 is 19.0 Å². The monoisotopic (exact) mass is 316 g/mol. The minimum Gasteiger partial charge on any atom is -0.486 e. The molecular weight excluding hydrogens is 296 g/mol. The Kier molecular flexibility index (Phi) is 4.92. The topological polar surface area (TPSA) is 62.6 Å². The van der Waals surface area contributed by atoms with E-state index in [1.807, 2.05) is 42.1 Å². The van der Waals surface area contributed by atoms with Crippen LogP contribution in [0.15, 0.2) is 36.7 Å². The number of carbonyl (C=O) groups is 1. The van der Waals surface area contributed by atoms with E-state index >= 15 is 0 Å². The normalized spacial score (nSPS) is 17.2. The van der Waals surface area contributed by atoms with Gasteiger partial charge in [0.1, 0.15) is 24.8 Å². The Balaban J connectivity index is 1.47. The SMILES string of the molecule is Cn1ccnc1COc1ccc(COC(=O)[C@@H]2CCCO2)cc1. The fourth-order valence-electron chi connectivity index (χ4n) is 2.38. The molecule has 6 heteroatoms. The van der Waals surface area contributed by atoms with Crippen LogP contribution in [0, 0.1) is 0 Å². The number of aromatic nitrogens is 2. The lowest BCUT2D eigenvalue weighted by atomic mass is 10.2. The van der Waals surface area contributed by atoms with Crippen LogP contribution in [0.2, 0.25) is 0 Å². The lowest BCUT2D eigenvalue weighted by Gasteiger charge is -2.10. The largest absolute Gasteiger partial charge is 0.486 e. The number of imidazole rings is 1. The maximum Gasteiger partial charge on any atom is 0.335 e. The van der Waals surface area contributed by atoms with E-state index in [4.69, 9.17) is 14.2 Å². The molecule has 1 fully saturated rings. The predicted molar refractivity (Wildman–Crippen MR) is 82.8 cm³/mol. The van der Waals surface area contributed by atoms with Gasteiger partial charge in [-0.1, -0.05) is 12.1 Å². The van der Waals surface area contributed by atoms with Crippen molar-refractivity contribution in [2.24, 2.45) is 7.05 Å². The highest BCUT2D eigenvalue weighted by Crippen LogP contribution is 2.16. The molecule has 0 saturated carbocycles. The van der Waals surface area contributed by atoms with Crippen LogP contribution in [0.5, 0.6) is 5.75 Å². The van der Waals surface area contributed by atoms with Gasteiger partial charge < -0.3 is 18.8 Å². The summed E-state index contributed by atoms with van der Waals surface area (Å²) in [6.45, 7) is 1.30. The van der Waals surface area contributed by atoms with Gasteiger partial charge in [-0.25, -0.2) is 9.78 Å². The van der Waals surface area contributed by atoms with Crippen molar-refractivity contribution in [3.05, 3.63) is 48.0 Å². The van der Waals surface area contributed by atoms with Crippen molar-refractivity contribution in [1.29, 1.82) is 0 Å². The molecule has 0 aliphatic carbocycles. The van der Waals surface area contributed by atoms with Gasteiger partial charge in [0.2, 0.25) is 0 Å². The van der Waals surface area contributed by atoms with Crippen molar-refractivity contribution in [1.82, 2.24) is 9.55 Å². The summed E-state index contributed by atoms with van der Waals surface area (Å²) in [5.41, 5.74) is 0.917. The third kappa shape index (κ3) is 4.10. The predicted octanol–water partition coefficient (Wildman–Crippen LogP) is 2.22. The first-order valence-electron chi connectivity index (χ1n) is 7.68. The molecule has 122 valence electrons. The van der Waals surface area contributed by atoms with Crippen molar-refractivity contribution in [3.63, 3.8) is 0 Å². The van der Waals surface area contributed by atoms with Gasteiger partial charge in [-0.15, -0.1) is 0 Å². The molecule has 2 heterocycles. The third-order valence-corrected chi connectivity index (χ3v) is 3.79. The summed E-state index contributed by atoms with van der Waals surface area (Å²) in [7, 11) is 1.93. The van der Waals surface area contributed by atoms with Gasteiger partial charge in [-0.2, -0.15) is 0 Å². The van der Waals surface area contributed by atoms with Crippen LogP contribution < -0.4 is 4.74 Å². The molecule has 0 N–H and O–H groups in total. The Hall–Kier alpha value is -2.34. The van der Waals surface area contributed by atoms with Gasteiger partial charge in [-0.05, 0) is 30.5 Å².